The number of esters is 1. The van der Waals surface area contributed by atoms with E-state index in [1.54, 1.807) is 16.3 Å². The number of rotatable bonds is 7. The van der Waals surface area contributed by atoms with E-state index in [9.17, 15) is 18.0 Å². The van der Waals surface area contributed by atoms with Crippen LogP contribution in [-0.4, -0.2) is 64.6 Å². The van der Waals surface area contributed by atoms with Crippen molar-refractivity contribution in [3.63, 3.8) is 0 Å². The highest BCUT2D eigenvalue weighted by Crippen LogP contribution is 2.14. The van der Waals surface area contributed by atoms with Gasteiger partial charge in [0, 0.05) is 19.6 Å². The van der Waals surface area contributed by atoms with E-state index in [0.717, 1.165) is 11.3 Å². The maximum atomic E-state index is 11.8. The molecule has 8 nitrogen and oxygen atoms in total. The molecule has 1 saturated heterocycles. The summed E-state index contributed by atoms with van der Waals surface area (Å²) >= 11 is 1.09. The molecule has 1 aromatic heterocycles. The van der Waals surface area contributed by atoms with Crippen LogP contribution in [0.5, 0.6) is 0 Å². The van der Waals surface area contributed by atoms with Gasteiger partial charge >= 0.3 is 5.97 Å². The summed E-state index contributed by atoms with van der Waals surface area (Å²) in [5.74, 6) is -0.902. The molecule has 23 heavy (non-hydrogen) atoms. The third kappa shape index (κ3) is 5.57. The molecule has 1 aliphatic heterocycles. The van der Waals surface area contributed by atoms with Crippen LogP contribution in [0.25, 0.3) is 0 Å². The van der Waals surface area contributed by atoms with Crippen molar-refractivity contribution < 1.29 is 27.5 Å². The molecule has 0 aliphatic carbocycles. The zero-order valence-corrected chi connectivity index (χ0v) is 14.0. The van der Waals surface area contributed by atoms with Gasteiger partial charge in [-0.05, 0) is 11.4 Å². The third-order valence-electron chi connectivity index (χ3n) is 3.10. The minimum atomic E-state index is -3.59. The second kappa shape index (κ2) is 8.39. The lowest BCUT2D eigenvalue weighted by atomic mass is 10.4. The van der Waals surface area contributed by atoms with Gasteiger partial charge in [-0.1, -0.05) is 6.07 Å². The lowest BCUT2D eigenvalue weighted by molar-refractivity contribution is -0.153. The zero-order chi connectivity index (χ0) is 16.7. The fourth-order valence-corrected chi connectivity index (χ4v) is 3.96. The van der Waals surface area contributed by atoms with Gasteiger partial charge in [-0.15, -0.1) is 11.3 Å². The summed E-state index contributed by atoms with van der Waals surface area (Å²) in [5, 5.41) is 1.65. The Morgan fingerprint density at radius 3 is 2.74 bits per heavy atom. The molecule has 0 spiro atoms. The summed E-state index contributed by atoms with van der Waals surface area (Å²) in [4.78, 5) is 24.9. The Morgan fingerprint density at radius 2 is 2.09 bits per heavy atom. The molecular formula is C13H18N2O6S2. The van der Waals surface area contributed by atoms with E-state index in [-0.39, 0.29) is 29.7 Å². The van der Waals surface area contributed by atoms with Gasteiger partial charge in [0.1, 0.15) is 4.21 Å². The number of nitrogens with one attached hydrogen (secondary N) is 1. The van der Waals surface area contributed by atoms with E-state index in [4.69, 9.17) is 9.47 Å². The van der Waals surface area contributed by atoms with Crippen molar-refractivity contribution in [2.24, 2.45) is 0 Å². The van der Waals surface area contributed by atoms with E-state index >= 15 is 0 Å². The van der Waals surface area contributed by atoms with Crippen LogP contribution in [0, 0.1) is 0 Å². The average Bonchev–Trinajstić information content (AvgIpc) is 3.08. The highest BCUT2D eigenvalue weighted by atomic mass is 32.2. The van der Waals surface area contributed by atoms with Gasteiger partial charge in [-0.3, -0.25) is 9.59 Å². The lowest BCUT2D eigenvalue weighted by Gasteiger charge is -2.26. The van der Waals surface area contributed by atoms with Crippen molar-refractivity contribution in [3.8, 4) is 0 Å². The second-order valence-electron chi connectivity index (χ2n) is 4.73. The van der Waals surface area contributed by atoms with Gasteiger partial charge in [-0.2, -0.15) is 0 Å². The van der Waals surface area contributed by atoms with Crippen LogP contribution in [0.4, 0.5) is 0 Å². The molecule has 128 valence electrons. The molecule has 1 fully saturated rings. The Labute approximate surface area is 138 Å². The molecule has 1 N–H and O–H groups in total. The van der Waals surface area contributed by atoms with E-state index in [1.165, 1.54) is 6.07 Å². The highest BCUT2D eigenvalue weighted by Gasteiger charge is 2.19. The molecule has 10 heteroatoms. The van der Waals surface area contributed by atoms with Crippen LogP contribution >= 0.6 is 11.3 Å². The Bertz CT molecular complexity index is 623. The number of amides is 1. The number of hydrogen-bond donors (Lipinski definition) is 1. The molecule has 0 unspecified atom stereocenters. The van der Waals surface area contributed by atoms with Crippen LogP contribution in [0.15, 0.2) is 21.7 Å². The maximum Gasteiger partial charge on any atom is 0.307 e. The monoisotopic (exact) mass is 362 g/mol. The van der Waals surface area contributed by atoms with Crippen molar-refractivity contribution in [1.82, 2.24) is 9.62 Å². The quantitative estimate of drug-likeness (QED) is 0.675. The summed E-state index contributed by atoms with van der Waals surface area (Å²) in [6.07, 6.45) is -0.138. The van der Waals surface area contributed by atoms with Crippen LogP contribution in [0.3, 0.4) is 0 Å². The smallest absolute Gasteiger partial charge is 0.307 e. The predicted molar refractivity (Wildman–Crippen MR) is 82.5 cm³/mol. The molecule has 0 aromatic carbocycles. The van der Waals surface area contributed by atoms with Crippen molar-refractivity contribution in [1.29, 1.82) is 0 Å². The maximum absolute atomic E-state index is 11.8. The summed E-state index contributed by atoms with van der Waals surface area (Å²) in [5.41, 5.74) is 0. The highest BCUT2D eigenvalue weighted by molar-refractivity contribution is 7.91. The normalized spacial score (nSPS) is 15.4. The Kier molecular flexibility index (Phi) is 6.51. The molecule has 1 aromatic rings. The number of morpholine rings is 1. The molecule has 2 heterocycles. The van der Waals surface area contributed by atoms with Crippen LogP contribution in [0.1, 0.15) is 6.42 Å². The number of ether oxygens (including phenoxy) is 2. The van der Waals surface area contributed by atoms with E-state index in [2.05, 4.69) is 4.72 Å². The van der Waals surface area contributed by atoms with Crippen LogP contribution < -0.4 is 4.72 Å². The second-order valence-corrected chi connectivity index (χ2v) is 7.68. The summed E-state index contributed by atoms with van der Waals surface area (Å²) in [6.45, 7) is 1.50. The van der Waals surface area contributed by atoms with Crippen molar-refractivity contribution in [2.45, 2.75) is 10.6 Å². The average molecular weight is 362 g/mol. The molecule has 0 saturated carbocycles. The minimum Gasteiger partial charge on any atom is -0.456 e. The summed E-state index contributed by atoms with van der Waals surface area (Å²) in [6, 6.07) is 3.11. The first-order valence-electron chi connectivity index (χ1n) is 7.03. The van der Waals surface area contributed by atoms with E-state index in [1.807, 2.05) is 0 Å². The fourth-order valence-electron chi connectivity index (χ4n) is 1.89. The fraction of sp³-hybridized carbons (Fsp3) is 0.538. The van der Waals surface area contributed by atoms with Gasteiger partial charge in [0.2, 0.25) is 10.0 Å². The Hall–Kier alpha value is -1.49. The summed E-state index contributed by atoms with van der Waals surface area (Å²) < 4.78 is 36.1. The lowest BCUT2D eigenvalue weighted by Crippen LogP contribution is -2.42. The van der Waals surface area contributed by atoms with Gasteiger partial charge in [0.05, 0.1) is 19.6 Å². The van der Waals surface area contributed by atoms with Crippen molar-refractivity contribution in [3.05, 3.63) is 17.5 Å². The molecular weight excluding hydrogens is 344 g/mol. The number of carbonyl (C=O) groups excluding carboxylic acids is 2. The summed E-state index contributed by atoms with van der Waals surface area (Å²) in [7, 11) is -3.59. The number of thiophene rings is 1. The Balaban J connectivity index is 1.66. The molecule has 0 bridgehead atoms. The zero-order valence-electron chi connectivity index (χ0n) is 12.4. The topological polar surface area (TPSA) is 102 Å². The molecule has 1 aliphatic rings. The Morgan fingerprint density at radius 1 is 1.35 bits per heavy atom. The van der Waals surface area contributed by atoms with Gasteiger partial charge in [0.15, 0.2) is 6.61 Å². The van der Waals surface area contributed by atoms with Gasteiger partial charge < -0.3 is 14.4 Å². The van der Waals surface area contributed by atoms with Crippen molar-refractivity contribution in [2.75, 3.05) is 39.5 Å². The first kappa shape index (κ1) is 17.9. The molecule has 1 amide bonds. The first-order chi connectivity index (χ1) is 11.0. The number of carbonyl (C=O) groups is 2. The number of hydrogen-bond acceptors (Lipinski definition) is 7. The van der Waals surface area contributed by atoms with Crippen molar-refractivity contribution >= 4 is 33.2 Å². The predicted octanol–water partition coefficient (Wildman–Crippen LogP) is -0.181. The van der Waals surface area contributed by atoms with E-state index < -0.39 is 16.0 Å². The van der Waals surface area contributed by atoms with E-state index in [0.29, 0.717) is 26.3 Å². The largest absolute Gasteiger partial charge is 0.456 e. The standard InChI is InChI=1S/C13H18N2O6S2/c16-11(15-5-7-20-8-6-15)10-21-12(17)3-4-14-23(18,19)13-2-1-9-22-13/h1-2,9,14H,3-8,10H2. The van der Waals surface area contributed by atoms with Gasteiger partial charge in [0.25, 0.3) is 5.91 Å². The molecule has 0 atom stereocenters. The van der Waals surface area contributed by atoms with Gasteiger partial charge in [-0.25, -0.2) is 13.1 Å². The number of sulfonamides is 1. The SMILES string of the molecule is O=C(CCNS(=O)(=O)c1cccs1)OCC(=O)N1CCOCC1. The third-order valence-corrected chi connectivity index (χ3v) is 5.96. The van der Waals surface area contributed by atoms with Crippen LogP contribution in [-0.2, 0) is 29.1 Å². The number of nitrogens with zero attached hydrogens (tertiary/aromatic N) is 1. The van der Waals surface area contributed by atoms with Crippen LogP contribution in [0.2, 0.25) is 0 Å². The first-order valence-corrected chi connectivity index (χ1v) is 9.39. The molecule has 0 radical (unpaired) electrons. The minimum absolute atomic E-state index is 0.0786. The molecule has 2 rings (SSSR count).